The van der Waals surface area contributed by atoms with Crippen molar-refractivity contribution in [2.45, 2.75) is 27.0 Å². The molecule has 106 valence electrons. The minimum absolute atomic E-state index is 0.0945. The summed E-state index contributed by atoms with van der Waals surface area (Å²) in [5.74, 6) is -0.867. The standard InChI is InChI=1S/C13H14BrN3O3/c1-3-17-9(11(14)8(2)16-17)7-20-10-5-4-6-15-12(10)13(18)19/h4-6H,3,7H2,1-2H3,(H,18,19). The van der Waals surface area contributed by atoms with Crippen molar-refractivity contribution in [1.82, 2.24) is 14.8 Å². The first-order chi connectivity index (χ1) is 9.54. The normalized spacial score (nSPS) is 10.6. The molecule has 0 aliphatic rings. The molecular formula is C13H14BrN3O3. The van der Waals surface area contributed by atoms with Gasteiger partial charge in [-0.25, -0.2) is 9.78 Å². The second-order valence-electron chi connectivity index (χ2n) is 4.11. The van der Waals surface area contributed by atoms with Gasteiger partial charge in [0.25, 0.3) is 0 Å². The van der Waals surface area contributed by atoms with Crippen molar-refractivity contribution < 1.29 is 14.6 Å². The van der Waals surface area contributed by atoms with E-state index in [9.17, 15) is 4.79 Å². The monoisotopic (exact) mass is 339 g/mol. The first-order valence-corrected chi connectivity index (χ1v) is 6.86. The van der Waals surface area contributed by atoms with Gasteiger partial charge in [0.15, 0.2) is 11.4 Å². The maximum Gasteiger partial charge on any atom is 0.358 e. The zero-order valence-electron chi connectivity index (χ0n) is 11.1. The van der Waals surface area contributed by atoms with Crippen LogP contribution in [0.15, 0.2) is 22.8 Å². The van der Waals surface area contributed by atoms with Crippen molar-refractivity contribution in [3.8, 4) is 5.75 Å². The predicted octanol–water partition coefficient (Wildman–Crippen LogP) is 2.65. The van der Waals surface area contributed by atoms with E-state index in [-0.39, 0.29) is 18.1 Å². The molecule has 0 unspecified atom stereocenters. The number of rotatable bonds is 5. The van der Waals surface area contributed by atoms with Crippen LogP contribution in [0.4, 0.5) is 0 Å². The first-order valence-electron chi connectivity index (χ1n) is 6.07. The number of aromatic carboxylic acids is 1. The van der Waals surface area contributed by atoms with E-state index >= 15 is 0 Å². The van der Waals surface area contributed by atoms with Crippen LogP contribution in [-0.2, 0) is 13.2 Å². The molecule has 7 heteroatoms. The Morgan fingerprint density at radius 2 is 2.30 bits per heavy atom. The Morgan fingerprint density at radius 1 is 1.55 bits per heavy atom. The second-order valence-corrected chi connectivity index (χ2v) is 4.90. The van der Waals surface area contributed by atoms with Crippen LogP contribution in [0, 0.1) is 6.92 Å². The Kier molecular flexibility index (Phi) is 4.39. The molecule has 20 heavy (non-hydrogen) atoms. The van der Waals surface area contributed by atoms with Crippen molar-refractivity contribution in [1.29, 1.82) is 0 Å². The summed E-state index contributed by atoms with van der Waals surface area (Å²) < 4.78 is 8.28. The highest BCUT2D eigenvalue weighted by Gasteiger charge is 2.16. The van der Waals surface area contributed by atoms with Gasteiger partial charge >= 0.3 is 5.97 Å². The molecule has 0 fully saturated rings. The minimum Gasteiger partial charge on any atom is -0.485 e. The largest absolute Gasteiger partial charge is 0.485 e. The predicted molar refractivity (Wildman–Crippen MR) is 75.9 cm³/mol. The Hall–Kier alpha value is -1.89. The van der Waals surface area contributed by atoms with E-state index in [2.05, 4.69) is 26.0 Å². The van der Waals surface area contributed by atoms with Crippen LogP contribution in [-0.4, -0.2) is 25.8 Å². The highest BCUT2D eigenvalue weighted by molar-refractivity contribution is 9.10. The van der Waals surface area contributed by atoms with E-state index in [1.807, 2.05) is 18.5 Å². The fourth-order valence-corrected chi connectivity index (χ4v) is 2.22. The van der Waals surface area contributed by atoms with Crippen LogP contribution in [0.1, 0.15) is 28.8 Å². The number of hydrogen-bond acceptors (Lipinski definition) is 4. The second kappa shape index (κ2) is 6.04. The van der Waals surface area contributed by atoms with Crippen LogP contribution < -0.4 is 4.74 Å². The van der Waals surface area contributed by atoms with Crippen LogP contribution in [0.5, 0.6) is 5.75 Å². The third-order valence-corrected chi connectivity index (χ3v) is 3.82. The van der Waals surface area contributed by atoms with E-state index in [4.69, 9.17) is 9.84 Å². The fourth-order valence-electron chi connectivity index (χ4n) is 1.82. The SMILES string of the molecule is CCn1nc(C)c(Br)c1COc1cccnc1C(=O)O. The molecule has 0 radical (unpaired) electrons. The van der Waals surface area contributed by atoms with Gasteiger partial charge in [0, 0.05) is 12.7 Å². The van der Waals surface area contributed by atoms with E-state index in [1.165, 1.54) is 6.20 Å². The van der Waals surface area contributed by atoms with Gasteiger partial charge in [-0.15, -0.1) is 0 Å². The summed E-state index contributed by atoms with van der Waals surface area (Å²) in [6, 6.07) is 3.23. The molecule has 0 aromatic carbocycles. The Labute approximate surface area is 124 Å². The van der Waals surface area contributed by atoms with Gasteiger partial charge in [0.2, 0.25) is 0 Å². The number of carboxylic acid groups (broad SMARTS) is 1. The molecule has 2 aromatic rings. The maximum atomic E-state index is 11.1. The van der Waals surface area contributed by atoms with Crippen LogP contribution in [0.3, 0.4) is 0 Å². The Balaban J connectivity index is 2.23. The lowest BCUT2D eigenvalue weighted by atomic mass is 10.3. The highest BCUT2D eigenvalue weighted by atomic mass is 79.9. The van der Waals surface area contributed by atoms with Gasteiger partial charge in [0.05, 0.1) is 15.9 Å². The van der Waals surface area contributed by atoms with Gasteiger partial charge in [-0.1, -0.05) is 0 Å². The average Bonchev–Trinajstić information content (AvgIpc) is 2.72. The molecule has 0 amide bonds. The van der Waals surface area contributed by atoms with Gasteiger partial charge in [-0.05, 0) is 41.9 Å². The maximum absolute atomic E-state index is 11.1. The third-order valence-electron chi connectivity index (χ3n) is 2.79. The Morgan fingerprint density at radius 3 is 2.95 bits per heavy atom. The highest BCUT2D eigenvalue weighted by Crippen LogP contribution is 2.23. The number of carboxylic acids is 1. The molecule has 6 nitrogen and oxygen atoms in total. The van der Waals surface area contributed by atoms with Crippen molar-refractivity contribution in [2.24, 2.45) is 0 Å². The summed E-state index contributed by atoms with van der Waals surface area (Å²) in [5.41, 5.74) is 1.64. The molecule has 0 bridgehead atoms. The zero-order chi connectivity index (χ0) is 14.7. The van der Waals surface area contributed by atoms with Crippen molar-refractivity contribution in [3.63, 3.8) is 0 Å². The fraction of sp³-hybridized carbons (Fsp3) is 0.308. The molecular weight excluding hydrogens is 326 g/mol. The van der Waals surface area contributed by atoms with Crippen molar-refractivity contribution in [3.05, 3.63) is 39.9 Å². The number of ether oxygens (including phenoxy) is 1. The number of nitrogens with zero attached hydrogens (tertiary/aromatic N) is 3. The minimum atomic E-state index is -1.11. The lowest BCUT2D eigenvalue weighted by molar-refractivity contribution is 0.0684. The van der Waals surface area contributed by atoms with Crippen molar-refractivity contribution in [2.75, 3.05) is 0 Å². The molecule has 2 aromatic heterocycles. The van der Waals surface area contributed by atoms with Gasteiger partial charge < -0.3 is 9.84 Å². The van der Waals surface area contributed by atoms with E-state index < -0.39 is 5.97 Å². The first kappa shape index (κ1) is 14.5. The summed E-state index contributed by atoms with van der Waals surface area (Å²) in [6.45, 7) is 4.81. The number of pyridine rings is 1. The molecule has 0 aliphatic carbocycles. The van der Waals surface area contributed by atoms with Crippen molar-refractivity contribution >= 4 is 21.9 Å². The lowest BCUT2D eigenvalue weighted by Gasteiger charge is -2.09. The topological polar surface area (TPSA) is 77.2 Å². The quantitative estimate of drug-likeness (QED) is 0.905. The Bertz CT molecular complexity index is 640. The lowest BCUT2D eigenvalue weighted by Crippen LogP contribution is -2.09. The number of aromatic nitrogens is 3. The van der Waals surface area contributed by atoms with Gasteiger partial charge in [-0.2, -0.15) is 5.10 Å². The number of aryl methyl sites for hydroxylation is 2. The molecule has 0 saturated carbocycles. The average molecular weight is 340 g/mol. The summed E-state index contributed by atoms with van der Waals surface area (Å²) in [5, 5.41) is 13.4. The van der Waals surface area contributed by atoms with E-state index in [0.717, 1.165) is 15.9 Å². The number of carbonyl (C=O) groups is 1. The third kappa shape index (κ3) is 2.82. The van der Waals surface area contributed by atoms with E-state index in [0.29, 0.717) is 6.54 Å². The zero-order valence-corrected chi connectivity index (χ0v) is 12.7. The molecule has 0 atom stereocenters. The summed E-state index contributed by atoms with van der Waals surface area (Å²) in [4.78, 5) is 14.9. The van der Waals surface area contributed by atoms with Gasteiger partial charge in [0.1, 0.15) is 6.61 Å². The number of hydrogen-bond donors (Lipinski definition) is 1. The summed E-state index contributed by atoms with van der Waals surface area (Å²) >= 11 is 3.47. The molecule has 0 saturated heterocycles. The molecule has 1 N–H and O–H groups in total. The number of halogens is 1. The summed E-state index contributed by atoms with van der Waals surface area (Å²) in [6.07, 6.45) is 1.42. The summed E-state index contributed by atoms with van der Waals surface area (Å²) in [7, 11) is 0. The van der Waals surface area contributed by atoms with Crippen LogP contribution >= 0.6 is 15.9 Å². The van der Waals surface area contributed by atoms with Gasteiger partial charge in [-0.3, -0.25) is 4.68 Å². The molecule has 0 aliphatic heterocycles. The van der Waals surface area contributed by atoms with Crippen LogP contribution in [0.2, 0.25) is 0 Å². The van der Waals surface area contributed by atoms with E-state index in [1.54, 1.807) is 12.1 Å². The molecule has 2 heterocycles. The van der Waals surface area contributed by atoms with Crippen LogP contribution in [0.25, 0.3) is 0 Å². The smallest absolute Gasteiger partial charge is 0.358 e. The molecule has 0 spiro atoms. The molecule has 2 rings (SSSR count).